The minimum atomic E-state index is -8.87. The second kappa shape index (κ2) is 5.81. The number of nitrogens with two attached hydrogens (primary N) is 1. The van der Waals surface area contributed by atoms with Crippen LogP contribution < -0.4 is 5.14 Å². The van der Waals surface area contributed by atoms with Gasteiger partial charge in [-0.3, -0.25) is 0 Å². The molecule has 158 valence electrons. The molecule has 0 radical (unpaired) electrons. The largest absolute Gasteiger partial charge is 0.501 e. The van der Waals surface area contributed by atoms with Gasteiger partial charge in [0.25, 0.3) is 39.5 Å². The zero-order chi connectivity index (χ0) is 22.0. The van der Waals surface area contributed by atoms with E-state index in [2.05, 4.69) is 5.14 Å². The van der Waals surface area contributed by atoms with E-state index in [-0.39, 0.29) is 0 Å². The van der Waals surface area contributed by atoms with Crippen LogP contribution in [0.1, 0.15) is 0 Å². The van der Waals surface area contributed by atoms with Gasteiger partial charge in [0.15, 0.2) is 0 Å². The number of halogens is 9. The fourth-order valence-electron chi connectivity index (χ4n) is 1.32. The predicted molar refractivity (Wildman–Crippen MR) is 60.8 cm³/mol. The van der Waals surface area contributed by atoms with E-state index < -0.39 is 58.8 Å². The maximum absolute atomic E-state index is 12.5. The molecule has 0 unspecified atom stereocenters. The number of sulfonamides is 1. The molecule has 0 spiro atoms. The van der Waals surface area contributed by atoms with Gasteiger partial charge in [0.1, 0.15) is 0 Å². The van der Waals surface area contributed by atoms with Gasteiger partial charge in [0.05, 0.1) is 0 Å². The van der Waals surface area contributed by atoms with E-state index in [9.17, 15) is 73.2 Å². The van der Waals surface area contributed by atoms with E-state index in [1.165, 1.54) is 0 Å². The number of hydrogen-bond acceptors (Lipinski definition) is 8. The standard InChI is InChI=1S/C4H2F9NO8S4/c5-1(6,7)23(15,16)4(26(14,21)22,24(17,18)2(8,9)10)25(19,20)3(11,12)13/h(H2,14,21,22). The highest BCUT2D eigenvalue weighted by atomic mass is 32.4. The van der Waals surface area contributed by atoms with Crippen LogP contribution in [0.2, 0.25) is 0 Å². The maximum atomic E-state index is 12.5. The van der Waals surface area contributed by atoms with Gasteiger partial charge in [0, 0.05) is 0 Å². The second-order valence-electron chi connectivity index (χ2n) is 3.89. The molecule has 0 aliphatic rings. The topological polar surface area (TPSA) is 163 Å². The molecule has 0 saturated carbocycles. The summed E-state index contributed by atoms with van der Waals surface area (Å²) in [7, 11) is -34.5. The lowest BCUT2D eigenvalue weighted by molar-refractivity contribution is -0.0499. The van der Waals surface area contributed by atoms with Gasteiger partial charge in [-0.2, -0.15) is 39.5 Å². The van der Waals surface area contributed by atoms with Crippen LogP contribution in [0.3, 0.4) is 0 Å². The first-order valence-corrected chi connectivity index (χ1v) is 10.7. The smallest absolute Gasteiger partial charge is 0.225 e. The van der Waals surface area contributed by atoms with Crippen molar-refractivity contribution in [2.24, 2.45) is 5.14 Å². The van der Waals surface area contributed by atoms with Gasteiger partial charge >= 0.3 is 19.3 Å². The van der Waals surface area contributed by atoms with E-state index in [1.54, 1.807) is 0 Å². The first-order chi connectivity index (χ1) is 10.8. The average Bonchev–Trinajstić information content (AvgIpc) is 2.20. The van der Waals surface area contributed by atoms with Crippen molar-refractivity contribution in [1.29, 1.82) is 0 Å². The average molecular weight is 491 g/mol. The van der Waals surface area contributed by atoms with Crippen LogP contribution in [-0.2, 0) is 39.5 Å². The molecular formula is C4H2F9NO8S4. The van der Waals surface area contributed by atoms with Crippen molar-refractivity contribution in [2.75, 3.05) is 0 Å². The van der Waals surface area contributed by atoms with Gasteiger partial charge in [0.2, 0.25) is 0 Å². The zero-order valence-corrected chi connectivity index (χ0v) is 14.1. The molecule has 0 heterocycles. The van der Waals surface area contributed by atoms with Gasteiger partial charge in [-0.1, -0.05) is 0 Å². The molecular weight excluding hydrogens is 489 g/mol. The lowest BCUT2D eigenvalue weighted by atomic mass is 11.5. The molecule has 0 aromatic heterocycles. The summed E-state index contributed by atoms with van der Waals surface area (Å²) in [4.78, 5) is 0. The molecule has 0 rings (SSSR count). The quantitative estimate of drug-likeness (QED) is 0.524. The third-order valence-corrected chi connectivity index (χ3v) is 14.8. The molecule has 0 aromatic rings. The molecule has 2 N–H and O–H groups in total. The monoisotopic (exact) mass is 491 g/mol. The van der Waals surface area contributed by atoms with Gasteiger partial charge in [-0.05, 0) is 0 Å². The molecule has 0 amide bonds. The normalized spacial score (nSPS) is 16.5. The SMILES string of the molecule is NS(=O)(=O)C(S(=O)(=O)C(F)(F)F)(S(=O)(=O)C(F)(F)F)S(=O)(=O)C(F)(F)F. The highest BCUT2D eigenvalue weighted by Crippen LogP contribution is 2.52. The minimum absolute atomic E-state index is 3.60. The summed E-state index contributed by atoms with van der Waals surface area (Å²) in [6.45, 7) is 0. The van der Waals surface area contributed by atoms with Crippen LogP contribution in [-0.4, -0.2) is 52.9 Å². The van der Waals surface area contributed by atoms with Crippen LogP contribution in [0.4, 0.5) is 39.5 Å². The minimum Gasteiger partial charge on any atom is -0.225 e. The predicted octanol–water partition coefficient (Wildman–Crippen LogP) is -0.310. The van der Waals surface area contributed by atoms with Gasteiger partial charge in [-0.25, -0.2) is 38.8 Å². The number of rotatable bonds is 4. The lowest BCUT2D eigenvalue weighted by Crippen LogP contribution is -2.68. The summed E-state index contributed by atoms with van der Waals surface area (Å²) in [6, 6.07) is 0. The fourth-order valence-corrected chi connectivity index (χ4v) is 11.9. The summed E-state index contributed by atoms with van der Waals surface area (Å²) in [5, 5.41) is 3.60. The Morgan fingerprint density at radius 2 is 0.615 bits per heavy atom. The maximum Gasteiger partial charge on any atom is 0.501 e. The third kappa shape index (κ3) is 2.93. The molecule has 9 nitrogen and oxygen atoms in total. The van der Waals surface area contributed by atoms with Crippen LogP contribution >= 0.6 is 0 Å². The van der Waals surface area contributed by atoms with Crippen molar-refractivity contribution in [1.82, 2.24) is 0 Å². The zero-order valence-electron chi connectivity index (χ0n) is 10.9. The van der Waals surface area contributed by atoms with E-state index >= 15 is 0 Å². The number of sulfone groups is 3. The van der Waals surface area contributed by atoms with Crippen molar-refractivity contribution >= 4 is 39.5 Å². The summed E-state index contributed by atoms with van der Waals surface area (Å²) >= 11 is 0. The van der Waals surface area contributed by atoms with E-state index in [0.29, 0.717) is 0 Å². The summed E-state index contributed by atoms with van der Waals surface area (Å²) in [6.07, 6.45) is 0. The fraction of sp³-hybridized carbons (Fsp3) is 1.00. The Hall–Kier alpha value is -0.870. The second-order valence-corrected chi connectivity index (χ2v) is 13.4. The van der Waals surface area contributed by atoms with Crippen molar-refractivity contribution < 1.29 is 73.2 Å². The molecule has 0 aromatic carbocycles. The van der Waals surface area contributed by atoms with E-state index in [0.717, 1.165) is 0 Å². The Kier molecular flexibility index (Phi) is 5.62. The van der Waals surface area contributed by atoms with E-state index in [1.807, 2.05) is 0 Å². The molecule has 0 aliphatic heterocycles. The van der Waals surface area contributed by atoms with Crippen molar-refractivity contribution in [3.8, 4) is 0 Å². The van der Waals surface area contributed by atoms with E-state index in [4.69, 9.17) is 0 Å². The highest BCUT2D eigenvalue weighted by Gasteiger charge is 2.89. The van der Waals surface area contributed by atoms with Crippen LogP contribution in [0, 0.1) is 0 Å². The Morgan fingerprint density at radius 1 is 0.462 bits per heavy atom. The molecule has 0 fully saturated rings. The number of hydrogen-bond donors (Lipinski definition) is 1. The molecule has 0 bridgehead atoms. The Labute approximate surface area is 137 Å². The molecule has 0 saturated heterocycles. The van der Waals surface area contributed by atoms with Crippen molar-refractivity contribution in [2.45, 2.75) is 19.3 Å². The molecule has 26 heavy (non-hydrogen) atoms. The number of alkyl halides is 9. The van der Waals surface area contributed by atoms with Crippen LogP contribution in [0.15, 0.2) is 0 Å². The van der Waals surface area contributed by atoms with Crippen LogP contribution in [0.25, 0.3) is 0 Å². The Morgan fingerprint density at radius 3 is 0.692 bits per heavy atom. The van der Waals surface area contributed by atoms with Crippen molar-refractivity contribution in [3.05, 3.63) is 0 Å². The Bertz CT molecular complexity index is 886. The van der Waals surface area contributed by atoms with Gasteiger partial charge in [-0.15, -0.1) is 0 Å². The van der Waals surface area contributed by atoms with Gasteiger partial charge < -0.3 is 0 Å². The molecule has 22 heteroatoms. The molecule has 0 atom stereocenters. The van der Waals surface area contributed by atoms with Crippen LogP contribution in [0.5, 0.6) is 0 Å². The molecule has 0 aliphatic carbocycles. The third-order valence-electron chi connectivity index (χ3n) is 2.25. The first-order valence-electron chi connectivity index (χ1n) is 4.70. The summed E-state index contributed by atoms with van der Waals surface area (Å²) in [5.74, 6) is 0. The van der Waals surface area contributed by atoms with Crippen molar-refractivity contribution in [3.63, 3.8) is 0 Å². The lowest BCUT2D eigenvalue weighted by Gasteiger charge is -2.31. The summed E-state index contributed by atoms with van der Waals surface area (Å²) < 4.78 is 194. The Balaban J connectivity index is 8.40. The number of primary sulfonamides is 1. The first kappa shape index (κ1) is 25.1. The summed E-state index contributed by atoms with van der Waals surface area (Å²) in [5.41, 5.74) is -22.7. The highest BCUT2D eigenvalue weighted by molar-refractivity contribution is 8.39.